The average molecular weight is 310 g/mol. The van der Waals surface area contributed by atoms with Crippen LogP contribution in [0.5, 0.6) is 0 Å². The van der Waals surface area contributed by atoms with Crippen molar-refractivity contribution in [1.29, 1.82) is 0 Å². The summed E-state index contributed by atoms with van der Waals surface area (Å²) in [6.45, 7) is 6.72. The van der Waals surface area contributed by atoms with E-state index >= 15 is 0 Å². The standard InChI is InChI=1S/C13H18N4O3S/c1-5-17-9(3)11(8(2)16-17)12-14-15-13(20-12)21-7-6-10(18)19-4/h5-7H2,1-4H3. The zero-order valence-electron chi connectivity index (χ0n) is 12.5. The maximum Gasteiger partial charge on any atom is 0.306 e. The van der Waals surface area contributed by atoms with Crippen molar-refractivity contribution in [3.05, 3.63) is 11.4 Å². The summed E-state index contributed by atoms with van der Waals surface area (Å²) in [6, 6.07) is 0. The van der Waals surface area contributed by atoms with Gasteiger partial charge in [0.25, 0.3) is 11.1 Å². The predicted molar refractivity (Wildman–Crippen MR) is 78.0 cm³/mol. The molecule has 21 heavy (non-hydrogen) atoms. The van der Waals surface area contributed by atoms with E-state index in [-0.39, 0.29) is 5.97 Å². The van der Waals surface area contributed by atoms with E-state index in [9.17, 15) is 4.79 Å². The van der Waals surface area contributed by atoms with Gasteiger partial charge in [0.05, 0.1) is 24.8 Å². The van der Waals surface area contributed by atoms with Crippen LogP contribution in [0.1, 0.15) is 24.7 Å². The van der Waals surface area contributed by atoms with Gasteiger partial charge in [0.2, 0.25) is 0 Å². The Hall–Kier alpha value is -1.83. The summed E-state index contributed by atoms with van der Waals surface area (Å²) in [5.41, 5.74) is 2.75. The van der Waals surface area contributed by atoms with Crippen molar-refractivity contribution in [1.82, 2.24) is 20.0 Å². The van der Waals surface area contributed by atoms with Crippen molar-refractivity contribution in [3.8, 4) is 11.5 Å². The third-order valence-corrected chi connectivity index (χ3v) is 3.88. The Morgan fingerprint density at radius 1 is 1.38 bits per heavy atom. The number of hydrogen-bond acceptors (Lipinski definition) is 7. The first-order chi connectivity index (χ1) is 10.1. The Labute approximate surface area is 127 Å². The molecule has 2 aromatic heterocycles. The molecule has 0 radical (unpaired) electrons. The molecule has 7 nitrogen and oxygen atoms in total. The molecule has 0 amide bonds. The minimum absolute atomic E-state index is 0.252. The number of aromatic nitrogens is 4. The Kier molecular flexibility index (Phi) is 5.00. The van der Waals surface area contributed by atoms with Gasteiger partial charge in [-0.1, -0.05) is 11.8 Å². The molecular formula is C13H18N4O3S. The fraction of sp³-hybridized carbons (Fsp3) is 0.538. The van der Waals surface area contributed by atoms with Gasteiger partial charge in [0, 0.05) is 18.0 Å². The van der Waals surface area contributed by atoms with Crippen molar-refractivity contribution < 1.29 is 13.9 Å². The monoisotopic (exact) mass is 310 g/mol. The Morgan fingerprint density at radius 2 is 2.14 bits per heavy atom. The fourth-order valence-electron chi connectivity index (χ4n) is 2.01. The highest BCUT2D eigenvalue weighted by molar-refractivity contribution is 7.99. The first kappa shape index (κ1) is 15.6. The molecule has 0 saturated heterocycles. The Bertz CT molecular complexity index is 635. The number of esters is 1. The van der Waals surface area contributed by atoms with Crippen LogP contribution in [0.15, 0.2) is 9.64 Å². The molecule has 0 unspecified atom stereocenters. The molecule has 0 bridgehead atoms. The van der Waals surface area contributed by atoms with Crippen LogP contribution in [-0.4, -0.2) is 38.8 Å². The van der Waals surface area contributed by atoms with Crippen molar-refractivity contribution >= 4 is 17.7 Å². The summed E-state index contributed by atoms with van der Waals surface area (Å²) in [6.07, 6.45) is 0.310. The van der Waals surface area contributed by atoms with Crippen LogP contribution in [0, 0.1) is 13.8 Å². The second-order valence-electron chi connectivity index (χ2n) is 4.41. The number of carbonyl (C=O) groups is 1. The number of carbonyl (C=O) groups excluding carboxylic acids is 1. The van der Waals surface area contributed by atoms with Crippen LogP contribution in [0.25, 0.3) is 11.5 Å². The summed E-state index contributed by atoms with van der Waals surface area (Å²) in [7, 11) is 1.37. The van der Waals surface area contributed by atoms with Crippen molar-refractivity contribution in [2.45, 2.75) is 39.0 Å². The molecule has 0 aliphatic rings. The molecule has 0 atom stereocenters. The van der Waals surface area contributed by atoms with Gasteiger partial charge in [0.15, 0.2) is 0 Å². The topological polar surface area (TPSA) is 83.0 Å². The third kappa shape index (κ3) is 3.44. The van der Waals surface area contributed by atoms with Gasteiger partial charge in [-0.3, -0.25) is 9.48 Å². The summed E-state index contributed by atoms with van der Waals surface area (Å²) >= 11 is 1.34. The van der Waals surface area contributed by atoms with Gasteiger partial charge < -0.3 is 9.15 Å². The molecular weight excluding hydrogens is 292 g/mol. The highest BCUT2D eigenvalue weighted by atomic mass is 32.2. The van der Waals surface area contributed by atoms with Gasteiger partial charge in [-0.05, 0) is 20.8 Å². The molecule has 0 spiro atoms. The van der Waals surface area contributed by atoms with Gasteiger partial charge >= 0.3 is 5.97 Å². The molecule has 0 saturated carbocycles. The smallest absolute Gasteiger partial charge is 0.306 e. The van der Waals surface area contributed by atoms with E-state index in [0.717, 1.165) is 23.5 Å². The van der Waals surface area contributed by atoms with Crippen LogP contribution in [0.4, 0.5) is 0 Å². The SMILES string of the molecule is CCn1nc(C)c(-c2nnc(SCCC(=O)OC)o2)c1C. The molecule has 2 heterocycles. The van der Waals surface area contributed by atoms with Crippen LogP contribution in [0.2, 0.25) is 0 Å². The van der Waals surface area contributed by atoms with Crippen molar-refractivity contribution in [3.63, 3.8) is 0 Å². The van der Waals surface area contributed by atoms with Gasteiger partial charge in [-0.25, -0.2) is 0 Å². The number of thioether (sulfide) groups is 1. The highest BCUT2D eigenvalue weighted by Crippen LogP contribution is 2.28. The second-order valence-corrected chi connectivity index (χ2v) is 5.46. The molecule has 0 aliphatic carbocycles. The summed E-state index contributed by atoms with van der Waals surface area (Å²) in [5.74, 6) is 0.754. The zero-order valence-corrected chi connectivity index (χ0v) is 13.4. The minimum Gasteiger partial charge on any atom is -0.469 e. The van der Waals surface area contributed by atoms with Crippen LogP contribution in [-0.2, 0) is 16.1 Å². The number of ether oxygens (including phenoxy) is 1. The number of aryl methyl sites for hydroxylation is 2. The van der Waals surface area contributed by atoms with Crippen LogP contribution in [0.3, 0.4) is 0 Å². The van der Waals surface area contributed by atoms with E-state index in [2.05, 4.69) is 20.0 Å². The number of rotatable bonds is 6. The lowest BCUT2D eigenvalue weighted by atomic mass is 10.2. The van der Waals surface area contributed by atoms with Gasteiger partial charge in [0.1, 0.15) is 0 Å². The zero-order chi connectivity index (χ0) is 15.4. The number of hydrogen-bond donors (Lipinski definition) is 0. The second kappa shape index (κ2) is 6.75. The van der Waals surface area contributed by atoms with E-state index in [1.807, 2.05) is 25.5 Å². The lowest BCUT2D eigenvalue weighted by Crippen LogP contribution is -2.00. The Morgan fingerprint density at radius 3 is 2.76 bits per heavy atom. The fourth-order valence-corrected chi connectivity index (χ4v) is 2.69. The van der Waals surface area contributed by atoms with E-state index < -0.39 is 0 Å². The van der Waals surface area contributed by atoms with Crippen LogP contribution < -0.4 is 0 Å². The van der Waals surface area contributed by atoms with Crippen molar-refractivity contribution in [2.24, 2.45) is 0 Å². The highest BCUT2D eigenvalue weighted by Gasteiger charge is 2.18. The summed E-state index contributed by atoms with van der Waals surface area (Å²) in [5, 5.41) is 12.9. The van der Waals surface area contributed by atoms with Crippen molar-refractivity contribution in [2.75, 3.05) is 12.9 Å². The lowest BCUT2D eigenvalue weighted by Gasteiger charge is -1.98. The van der Waals surface area contributed by atoms with E-state index in [0.29, 0.717) is 23.3 Å². The molecule has 2 aromatic rings. The normalized spacial score (nSPS) is 10.9. The third-order valence-electron chi connectivity index (χ3n) is 3.06. The van der Waals surface area contributed by atoms with E-state index in [1.165, 1.54) is 18.9 Å². The molecule has 0 N–H and O–H groups in total. The molecule has 2 rings (SSSR count). The van der Waals surface area contributed by atoms with Gasteiger partial charge in [-0.2, -0.15) is 5.10 Å². The molecule has 0 aromatic carbocycles. The molecule has 0 aliphatic heterocycles. The number of nitrogens with zero attached hydrogens (tertiary/aromatic N) is 4. The summed E-state index contributed by atoms with van der Waals surface area (Å²) in [4.78, 5) is 11.0. The molecule has 0 fully saturated rings. The van der Waals surface area contributed by atoms with E-state index in [1.54, 1.807) is 0 Å². The Balaban J connectivity index is 2.09. The summed E-state index contributed by atoms with van der Waals surface area (Å²) < 4.78 is 12.1. The van der Waals surface area contributed by atoms with E-state index in [4.69, 9.17) is 4.42 Å². The maximum atomic E-state index is 11.0. The maximum absolute atomic E-state index is 11.0. The predicted octanol–water partition coefficient (Wildman–Crippen LogP) is 2.23. The van der Waals surface area contributed by atoms with Gasteiger partial charge in [-0.15, -0.1) is 10.2 Å². The largest absolute Gasteiger partial charge is 0.469 e. The first-order valence-corrected chi connectivity index (χ1v) is 7.62. The first-order valence-electron chi connectivity index (χ1n) is 6.64. The number of methoxy groups -OCH3 is 1. The van der Waals surface area contributed by atoms with Crippen LogP contribution >= 0.6 is 11.8 Å². The molecule has 8 heteroatoms. The molecule has 114 valence electrons. The average Bonchev–Trinajstić information content (AvgIpc) is 3.03. The minimum atomic E-state index is -0.252. The quantitative estimate of drug-likeness (QED) is 0.597. The lowest BCUT2D eigenvalue weighted by molar-refractivity contribution is -0.140.